The number of hydrogen-bond donors (Lipinski definition) is 1. The van der Waals surface area contributed by atoms with Gasteiger partial charge in [-0.1, -0.05) is 0 Å². The Bertz CT molecular complexity index is 976. The van der Waals surface area contributed by atoms with Gasteiger partial charge in [-0.25, -0.2) is 0 Å². The molecule has 1 aromatic carbocycles. The molecule has 1 aliphatic heterocycles. The lowest BCUT2D eigenvalue weighted by atomic mass is 9.88. The standard InChI is InChI=1S/C19H23NO7/c1-9(21)26-16-12-14(27-19(2,3)17(16)22)10-7-8-11(24-5)15(25-6)13(10)20(4)18(12)23/h7-8,16-17,22H,1-6H3/t16-,17+/m1/s1. The molecule has 0 unspecified atom stereocenters. The van der Waals surface area contributed by atoms with Gasteiger partial charge in [-0.15, -0.1) is 0 Å². The van der Waals surface area contributed by atoms with Crippen LogP contribution in [0.3, 0.4) is 0 Å². The van der Waals surface area contributed by atoms with E-state index in [1.807, 2.05) is 0 Å². The average Bonchev–Trinajstić information content (AvgIpc) is 2.61. The molecule has 2 heterocycles. The van der Waals surface area contributed by atoms with Gasteiger partial charge in [0, 0.05) is 19.4 Å². The molecule has 2 atom stereocenters. The minimum atomic E-state index is -1.21. The fourth-order valence-corrected chi connectivity index (χ4v) is 3.46. The SMILES string of the molecule is COc1ccc2c3c(c(=O)n(C)c2c1OC)[C@@H](OC(C)=O)[C@H](O)C(C)(C)O3. The van der Waals surface area contributed by atoms with Crippen LogP contribution in [-0.4, -0.2) is 41.6 Å². The Hall–Kier alpha value is -2.74. The van der Waals surface area contributed by atoms with Crippen molar-refractivity contribution in [2.45, 2.75) is 38.6 Å². The molecule has 3 rings (SSSR count). The number of carbonyl (C=O) groups is 1. The van der Waals surface area contributed by atoms with Crippen LogP contribution in [0.15, 0.2) is 16.9 Å². The lowest BCUT2D eigenvalue weighted by Gasteiger charge is -2.41. The monoisotopic (exact) mass is 377 g/mol. The molecule has 0 bridgehead atoms. The number of pyridine rings is 1. The zero-order chi connectivity index (χ0) is 20.1. The van der Waals surface area contributed by atoms with Crippen molar-refractivity contribution in [3.63, 3.8) is 0 Å². The molecule has 0 aliphatic carbocycles. The van der Waals surface area contributed by atoms with Gasteiger partial charge in [-0.3, -0.25) is 9.59 Å². The molecule has 8 nitrogen and oxygen atoms in total. The number of carbonyl (C=O) groups excluding carboxylic acids is 1. The first kappa shape index (κ1) is 19.0. The largest absolute Gasteiger partial charge is 0.493 e. The third kappa shape index (κ3) is 2.80. The fourth-order valence-electron chi connectivity index (χ4n) is 3.46. The number of aryl methyl sites for hydroxylation is 1. The summed E-state index contributed by atoms with van der Waals surface area (Å²) in [6.07, 6.45) is -2.35. The van der Waals surface area contributed by atoms with E-state index in [1.165, 1.54) is 25.7 Å². The summed E-state index contributed by atoms with van der Waals surface area (Å²) in [4.78, 5) is 24.7. The number of esters is 1. The summed E-state index contributed by atoms with van der Waals surface area (Å²) in [5.74, 6) is 0.508. The number of nitrogens with zero attached hydrogens (tertiary/aromatic N) is 1. The zero-order valence-electron chi connectivity index (χ0n) is 16.2. The fraction of sp³-hybridized carbons (Fsp3) is 0.474. The number of benzene rings is 1. The van der Waals surface area contributed by atoms with Gasteiger partial charge >= 0.3 is 5.97 Å². The first-order valence-corrected chi connectivity index (χ1v) is 8.46. The van der Waals surface area contributed by atoms with E-state index in [1.54, 1.807) is 33.0 Å². The van der Waals surface area contributed by atoms with E-state index >= 15 is 0 Å². The molecule has 27 heavy (non-hydrogen) atoms. The van der Waals surface area contributed by atoms with Crippen LogP contribution < -0.4 is 19.8 Å². The quantitative estimate of drug-likeness (QED) is 0.813. The van der Waals surface area contributed by atoms with E-state index < -0.39 is 29.3 Å². The van der Waals surface area contributed by atoms with Gasteiger partial charge in [0.25, 0.3) is 5.56 Å². The van der Waals surface area contributed by atoms with Crippen molar-refractivity contribution in [1.29, 1.82) is 0 Å². The molecule has 1 aromatic heterocycles. The van der Waals surface area contributed by atoms with Crippen molar-refractivity contribution in [2.24, 2.45) is 7.05 Å². The Morgan fingerprint density at radius 3 is 2.48 bits per heavy atom. The van der Waals surface area contributed by atoms with Crippen LogP contribution in [0.4, 0.5) is 0 Å². The zero-order valence-corrected chi connectivity index (χ0v) is 16.2. The molecule has 0 spiro atoms. The topological polar surface area (TPSA) is 96.2 Å². The lowest BCUT2D eigenvalue weighted by Crippen LogP contribution is -2.51. The Morgan fingerprint density at radius 2 is 1.93 bits per heavy atom. The normalized spacial score (nSPS) is 20.6. The van der Waals surface area contributed by atoms with Crippen LogP contribution in [0.25, 0.3) is 10.9 Å². The van der Waals surface area contributed by atoms with Gasteiger partial charge in [0.2, 0.25) is 0 Å². The number of ether oxygens (including phenoxy) is 4. The van der Waals surface area contributed by atoms with E-state index in [2.05, 4.69) is 0 Å². The van der Waals surface area contributed by atoms with Crippen molar-refractivity contribution in [2.75, 3.05) is 14.2 Å². The van der Waals surface area contributed by atoms with E-state index in [9.17, 15) is 14.7 Å². The number of aliphatic hydroxyl groups excluding tert-OH is 1. The number of aromatic nitrogens is 1. The summed E-state index contributed by atoms with van der Waals surface area (Å²) in [5.41, 5.74) is -0.960. The molecule has 0 saturated heterocycles. The maximum absolute atomic E-state index is 13.1. The summed E-state index contributed by atoms with van der Waals surface area (Å²) in [6.45, 7) is 4.57. The van der Waals surface area contributed by atoms with Gasteiger partial charge in [-0.05, 0) is 26.0 Å². The highest BCUT2D eigenvalue weighted by atomic mass is 16.6. The Labute approximate surface area is 156 Å². The van der Waals surface area contributed by atoms with Crippen molar-refractivity contribution >= 4 is 16.9 Å². The van der Waals surface area contributed by atoms with Crippen LogP contribution in [0.5, 0.6) is 17.2 Å². The van der Waals surface area contributed by atoms with Crippen LogP contribution in [0.1, 0.15) is 32.4 Å². The van der Waals surface area contributed by atoms with Crippen LogP contribution in [-0.2, 0) is 16.6 Å². The van der Waals surface area contributed by atoms with Crippen molar-refractivity contribution < 1.29 is 28.8 Å². The molecule has 1 N–H and O–H groups in total. The number of methoxy groups -OCH3 is 2. The summed E-state index contributed by atoms with van der Waals surface area (Å²) in [6, 6.07) is 3.45. The van der Waals surface area contributed by atoms with Crippen molar-refractivity contribution in [1.82, 2.24) is 4.57 Å². The number of hydrogen-bond acceptors (Lipinski definition) is 7. The third-order valence-electron chi connectivity index (χ3n) is 4.82. The third-order valence-corrected chi connectivity index (χ3v) is 4.82. The highest BCUT2D eigenvalue weighted by Gasteiger charge is 2.47. The second-order valence-corrected chi connectivity index (χ2v) is 6.98. The molecule has 8 heteroatoms. The minimum Gasteiger partial charge on any atom is -0.493 e. The average molecular weight is 377 g/mol. The van der Waals surface area contributed by atoms with E-state index in [4.69, 9.17) is 18.9 Å². The second kappa shape index (κ2) is 6.45. The Morgan fingerprint density at radius 1 is 1.26 bits per heavy atom. The Kier molecular flexibility index (Phi) is 4.55. The van der Waals surface area contributed by atoms with E-state index in [0.29, 0.717) is 22.4 Å². The Balaban J connectivity index is 2.45. The van der Waals surface area contributed by atoms with Gasteiger partial charge in [-0.2, -0.15) is 0 Å². The molecule has 0 fully saturated rings. The summed E-state index contributed by atoms with van der Waals surface area (Å²) in [7, 11) is 4.56. The predicted molar refractivity (Wildman–Crippen MR) is 97.5 cm³/mol. The first-order valence-electron chi connectivity index (χ1n) is 8.46. The van der Waals surface area contributed by atoms with Crippen LogP contribution in [0.2, 0.25) is 0 Å². The predicted octanol–water partition coefficient (Wildman–Crippen LogP) is 1.69. The summed E-state index contributed by atoms with van der Waals surface area (Å²) in [5, 5.41) is 11.3. The molecule has 2 aromatic rings. The van der Waals surface area contributed by atoms with Gasteiger partial charge in [0.05, 0.1) is 14.2 Å². The first-order chi connectivity index (χ1) is 12.6. The molecular weight excluding hydrogens is 354 g/mol. The van der Waals surface area contributed by atoms with Crippen LogP contribution in [0, 0.1) is 0 Å². The van der Waals surface area contributed by atoms with Gasteiger partial charge in [0.15, 0.2) is 17.6 Å². The summed E-state index contributed by atoms with van der Waals surface area (Å²) < 4.78 is 23.5. The second-order valence-electron chi connectivity index (χ2n) is 6.98. The van der Waals surface area contributed by atoms with Gasteiger partial charge < -0.3 is 28.6 Å². The minimum absolute atomic E-state index is 0.0965. The molecule has 146 valence electrons. The highest BCUT2D eigenvalue weighted by molar-refractivity contribution is 5.93. The van der Waals surface area contributed by atoms with E-state index in [-0.39, 0.29) is 11.3 Å². The maximum atomic E-state index is 13.1. The number of aliphatic hydroxyl groups is 1. The van der Waals surface area contributed by atoms with Crippen molar-refractivity contribution in [3.05, 3.63) is 28.0 Å². The molecule has 0 radical (unpaired) electrons. The van der Waals surface area contributed by atoms with Crippen molar-refractivity contribution in [3.8, 4) is 17.2 Å². The molecular formula is C19H23NO7. The lowest BCUT2D eigenvalue weighted by molar-refractivity contribution is -0.168. The van der Waals surface area contributed by atoms with Gasteiger partial charge in [0.1, 0.15) is 28.5 Å². The number of rotatable bonds is 3. The van der Waals surface area contributed by atoms with E-state index in [0.717, 1.165) is 0 Å². The smallest absolute Gasteiger partial charge is 0.303 e. The molecule has 0 amide bonds. The molecule has 0 saturated carbocycles. The summed E-state index contributed by atoms with van der Waals surface area (Å²) >= 11 is 0. The maximum Gasteiger partial charge on any atom is 0.303 e. The number of fused-ring (bicyclic) bond motifs is 3. The van der Waals surface area contributed by atoms with Crippen LogP contribution >= 0.6 is 0 Å². The highest BCUT2D eigenvalue weighted by Crippen LogP contribution is 2.46. The molecule has 1 aliphatic rings.